The van der Waals surface area contributed by atoms with Gasteiger partial charge in [0.1, 0.15) is 7.05 Å². The van der Waals surface area contributed by atoms with Gasteiger partial charge in [0.2, 0.25) is 11.7 Å². The van der Waals surface area contributed by atoms with Gasteiger partial charge in [-0.15, -0.1) is 5.10 Å². The van der Waals surface area contributed by atoms with Gasteiger partial charge in [0, 0.05) is 30.8 Å². The van der Waals surface area contributed by atoms with E-state index in [1.165, 1.54) is 24.1 Å². The van der Waals surface area contributed by atoms with Crippen molar-refractivity contribution < 1.29 is 4.57 Å². The summed E-state index contributed by atoms with van der Waals surface area (Å²) < 4.78 is 2.10. The van der Waals surface area contributed by atoms with E-state index in [1.807, 2.05) is 37.5 Å². The van der Waals surface area contributed by atoms with Crippen molar-refractivity contribution in [3.05, 3.63) is 54.2 Å². The third-order valence-corrected chi connectivity index (χ3v) is 4.06. The zero-order chi connectivity index (χ0) is 16.1. The summed E-state index contributed by atoms with van der Waals surface area (Å²) in [4.78, 5) is 2.07. The molecule has 2 N–H and O–H groups in total. The first kappa shape index (κ1) is 15.2. The van der Waals surface area contributed by atoms with Crippen LogP contribution in [0.1, 0.15) is 18.4 Å². The Hall–Kier alpha value is -2.69. The van der Waals surface area contributed by atoms with Crippen molar-refractivity contribution in [3.63, 3.8) is 0 Å². The second-order valence-corrected chi connectivity index (χ2v) is 5.72. The van der Waals surface area contributed by atoms with E-state index in [9.17, 15) is 0 Å². The Kier molecular flexibility index (Phi) is 4.66. The summed E-state index contributed by atoms with van der Waals surface area (Å²) in [6.45, 7) is 1.96. The molecule has 2 aromatic rings. The largest absolute Gasteiger partial charge is 0.368 e. The van der Waals surface area contributed by atoms with Gasteiger partial charge in [-0.3, -0.25) is 0 Å². The lowest BCUT2D eigenvalue weighted by molar-refractivity contribution is -0.660. The molecule has 0 radical (unpaired) electrons. The minimum absolute atomic E-state index is 0.506. The molecule has 5 heteroatoms. The molecule has 1 aromatic heterocycles. The Balaban J connectivity index is 1.69. The number of nitrogens with two attached hydrogens (primary N) is 1. The fourth-order valence-electron chi connectivity index (χ4n) is 2.73. The number of benzene rings is 1. The standard InChI is InChI=1S/C18H21N5/c1-22-11-3-2-6-17(22)16-9-7-15(8-10-16)14-20-21-18(19)23-12-4-5-13-23/h2-3,6-11,14,19H,4-5,12-13H2,1H3/p+1. The van der Waals surface area contributed by atoms with Crippen LogP contribution in [-0.2, 0) is 7.05 Å². The smallest absolute Gasteiger partial charge is 0.216 e. The van der Waals surface area contributed by atoms with E-state index in [-0.39, 0.29) is 0 Å². The first-order chi connectivity index (χ1) is 11.2. The maximum atomic E-state index is 5.92. The number of pyridine rings is 1. The van der Waals surface area contributed by atoms with Gasteiger partial charge in [0.05, 0.1) is 6.21 Å². The molecule has 5 nitrogen and oxygen atoms in total. The van der Waals surface area contributed by atoms with Gasteiger partial charge in [-0.1, -0.05) is 12.1 Å². The molecule has 1 aliphatic heterocycles. The summed E-state index contributed by atoms with van der Waals surface area (Å²) >= 11 is 0. The Morgan fingerprint density at radius 2 is 1.87 bits per heavy atom. The highest BCUT2D eigenvalue weighted by Crippen LogP contribution is 2.15. The van der Waals surface area contributed by atoms with Crippen LogP contribution in [0.15, 0.2) is 58.9 Å². The Bertz CT molecular complexity index is 712. The zero-order valence-electron chi connectivity index (χ0n) is 13.4. The predicted molar refractivity (Wildman–Crippen MR) is 93.1 cm³/mol. The van der Waals surface area contributed by atoms with Gasteiger partial charge in [0.25, 0.3) is 0 Å². The normalized spacial score (nSPS) is 15.5. The topological polar surface area (TPSA) is 57.9 Å². The van der Waals surface area contributed by atoms with Gasteiger partial charge in [0.15, 0.2) is 6.20 Å². The van der Waals surface area contributed by atoms with Crippen molar-refractivity contribution in [2.45, 2.75) is 12.8 Å². The molecule has 0 atom stereocenters. The maximum absolute atomic E-state index is 5.92. The second-order valence-electron chi connectivity index (χ2n) is 5.72. The van der Waals surface area contributed by atoms with Crippen molar-refractivity contribution in [1.29, 1.82) is 0 Å². The van der Waals surface area contributed by atoms with Crippen LogP contribution in [0.25, 0.3) is 11.3 Å². The predicted octanol–water partition coefficient (Wildman–Crippen LogP) is 1.92. The number of hydrogen-bond donors (Lipinski definition) is 1. The first-order valence-electron chi connectivity index (χ1n) is 7.90. The molecule has 0 aliphatic carbocycles. The van der Waals surface area contributed by atoms with Gasteiger partial charge in [-0.05, 0) is 36.6 Å². The number of likely N-dealkylation sites (tertiary alicyclic amines) is 1. The van der Waals surface area contributed by atoms with Crippen molar-refractivity contribution in [2.24, 2.45) is 23.0 Å². The summed E-state index contributed by atoms with van der Waals surface area (Å²) in [5, 5.41) is 8.18. The lowest BCUT2D eigenvalue weighted by atomic mass is 10.1. The minimum Gasteiger partial charge on any atom is -0.368 e. The highest BCUT2D eigenvalue weighted by Gasteiger charge is 2.13. The lowest BCUT2D eigenvalue weighted by Crippen LogP contribution is -2.34. The Morgan fingerprint density at radius 3 is 2.57 bits per heavy atom. The second kappa shape index (κ2) is 7.05. The van der Waals surface area contributed by atoms with Crippen LogP contribution in [0.2, 0.25) is 0 Å². The molecule has 0 amide bonds. The van der Waals surface area contributed by atoms with Gasteiger partial charge >= 0.3 is 0 Å². The minimum atomic E-state index is 0.506. The van der Waals surface area contributed by atoms with Crippen LogP contribution in [0.3, 0.4) is 0 Å². The molecule has 1 aliphatic rings. The highest BCUT2D eigenvalue weighted by molar-refractivity contribution is 5.83. The lowest BCUT2D eigenvalue weighted by Gasteiger charge is -2.13. The number of hydrogen-bond acceptors (Lipinski definition) is 2. The van der Waals surface area contributed by atoms with Crippen molar-refractivity contribution in [3.8, 4) is 11.3 Å². The highest BCUT2D eigenvalue weighted by atomic mass is 15.3. The van der Waals surface area contributed by atoms with Crippen molar-refractivity contribution in [2.75, 3.05) is 13.1 Å². The van der Waals surface area contributed by atoms with Gasteiger partial charge < -0.3 is 10.6 Å². The van der Waals surface area contributed by atoms with E-state index < -0.39 is 0 Å². The monoisotopic (exact) mass is 308 g/mol. The quantitative estimate of drug-likeness (QED) is 0.408. The third kappa shape index (κ3) is 3.74. The van der Waals surface area contributed by atoms with Crippen LogP contribution < -0.4 is 10.3 Å². The average molecular weight is 308 g/mol. The third-order valence-electron chi connectivity index (χ3n) is 4.06. The molecule has 0 bridgehead atoms. The molecule has 3 rings (SSSR count). The summed E-state index contributed by atoms with van der Waals surface area (Å²) in [6, 6.07) is 14.4. The average Bonchev–Trinajstić information content (AvgIpc) is 3.11. The summed E-state index contributed by atoms with van der Waals surface area (Å²) in [6.07, 6.45) is 6.13. The van der Waals surface area contributed by atoms with E-state index in [1.54, 1.807) is 6.21 Å². The van der Waals surface area contributed by atoms with Crippen LogP contribution >= 0.6 is 0 Å². The van der Waals surface area contributed by atoms with E-state index in [0.29, 0.717) is 5.96 Å². The molecule has 2 heterocycles. The zero-order valence-corrected chi connectivity index (χ0v) is 13.4. The Labute approximate surface area is 136 Å². The van der Waals surface area contributed by atoms with E-state index in [4.69, 9.17) is 5.73 Å². The molecule has 0 saturated carbocycles. The van der Waals surface area contributed by atoms with Gasteiger partial charge in [-0.25, -0.2) is 4.57 Å². The molecule has 1 saturated heterocycles. The van der Waals surface area contributed by atoms with E-state index in [0.717, 1.165) is 18.7 Å². The van der Waals surface area contributed by atoms with Crippen LogP contribution in [0, 0.1) is 0 Å². The molecule has 23 heavy (non-hydrogen) atoms. The number of aryl methyl sites for hydroxylation is 1. The molecule has 1 aromatic carbocycles. The van der Waals surface area contributed by atoms with E-state index >= 15 is 0 Å². The number of nitrogens with zero attached hydrogens (tertiary/aromatic N) is 4. The fourth-order valence-corrected chi connectivity index (χ4v) is 2.73. The molecule has 0 spiro atoms. The van der Waals surface area contributed by atoms with Gasteiger partial charge in [-0.2, -0.15) is 5.10 Å². The summed E-state index contributed by atoms with van der Waals surface area (Å²) in [5.41, 5.74) is 9.27. The van der Waals surface area contributed by atoms with E-state index in [2.05, 4.69) is 37.9 Å². The molecular formula is C18H22N5+. The Morgan fingerprint density at radius 1 is 1.13 bits per heavy atom. The number of rotatable bonds is 3. The molecule has 0 unspecified atom stereocenters. The van der Waals surface area contributed by atoms with Crippen molar-refractivity contribution >= 4 is 12.2 Å². The van der Waals surface area contributed by atoms with Crippen LogP contribution in [-0.4, -0.2) is 30.2 Å². The summed E-state index contributed by atoms with van der Waals surface area (Å²) in [5.74, 6) is 0.506. The fraction of sp³-hybridized carbons (Fsp3) is 0.278. The number of aromatic nitrogens is 1. The van der Waals surface area contributed by atoms with Crippen LogP contribution in [0.5, 0.6) is 0 Å². The summed E-state index contributed by atoms with van der Waals surface area (Å²) in [7, 11) is 2.04. The maximum Gasteiger partial charge on any atom is 0.216 e. The van der Waals surface area contributed by atoms with Crippen molar-refractivity contribution in [1.82, 2.24) is 4.90 Å². The SMILES string of the molecule is C[n+]1ccccc1-c1ccc(C=NN=C(N)N2CCCC2)cc1. The van der Waals surface area contributed by atoms with Crippen LogP contribution in [0.4, 0.5) is 0 Å². The first-order valence-corrected chi connectivity index (χ1v) is 7.90. The molecule has 118 valence electrons. The molecular weight excluding hydrogens is 286 g/mol. The number of guanidine groups is 1. The molecule has 1 fully saturated rings.